The summed E-state index contributed by atoms with van der Waals surface area (Å²) in [6.07, 6.45) is -1.41. The Morgan fingerprint density at radius 1 is 1.31 bits per heavy atom. The van der Waals surface area contributed by atoms with E-state index in [0.29, 0.717) is 5.56 Å². The number of benzene rings is 1. The Hall–Kier alpha value is 0.533. The van der Waals surface area contributed by atoms with Crippen LogP contribution in [0.4, 0.5) is 0 Å². The number of hydrogen-bond donors (Lipinski definition) is 2. The van der Waals surface area contributed by atoms with Crippen LogP contribution in [0.25, 0.3) is 0 Å². The number of carbonyl (C=O) groups is 1. The quantitative estimate of drug-likeness (QED) is 0.605. The van der Waals surface area contributed by atoms with E-state index in [9.17, 15) is 4.79 Å². The second kappa shape index (κ2) is 7.89. The largest absolute Gasteiger partial charge is 1.00 e. The number of carboxylic acids is 1. The van der Waals surface area contributed by atoms with Crippen molar-refractivity contribution in [2.75, 3.05) is 0 Å². The summed E-state index contributed by atoms with van der Waals surface area (Å²) < 4.78 is 0. The van der Waals surface area contributed by atoms with Gasteiger partial charge in [-0.05, 0) is 5.56 Å². The molecule has 0 bridgehead atoms. The van der Waals surface area contributed by atoms with Crippen LogP contribution in [0.15, 0.2) is 30.3 Å². The number of hydrogen-bond acceptors (Lipinski definition) is 2. The number of carboxylic acid groups (broad SMARTS) is 1. The summed E-state index contributed by atoms with van der Waals surface area (Å²) in [4.78, 5) is 10.2. The summed E-state index contributed by atoms with van der Waals surface area (Å²) in [7, 11) is 0. The monoisotopic (exact) mass is 266 g/mol. The van der Waals surface area contributed by atoms with Crippen molar-refractivity contribution in [1.29, 1.82) is 0 Å². The summed E-state index contributed by atoms with van der Waals surface area (Å²) in [5, 5.41) is 17.4. The predicted octanol–water partition coefficient (Wildman–Crippen LogP) is -2.08. The van der Waals surface area contributed by atoms with Gasteiger partial charge in [0.15, 0.2) is 6.10 Å². The van der Waals surface area contributed by atoms with Crippen molar-refractivity contribution in [3.05, 3.63) is 35.9 Å². The first-order chi connectivity index (χ1) is 5.22. The van der Waals surface area contributed by atoms with Crippen LogP contribution in [0.1, 0.15) is 13.1 Å². The Morgan fingerprint density at radius 3 is 2.15 bits per heavy atom. The van der Waals surface area contributed by atoms with E-state index < -0.39 is 12.1 Å². The smallest absolute Gasteiger partial charge is 1.00 e. The van der Waals surface area contributed by atoms with Gasteiger partial charge in [-0.15, -0.1) is 0 Å². The molecule has 64 valence electrons. The Balaban J connectivity index is -0.000000403. The van der Waals surface area contributed by atoms with Gasteiger partial charge in [-0.3, -0.25) is 0 Å². The zero-order valence-corrected chi connectivity index (χ0v) is 11.7. The SMILES string of the molecule is O=C(O)C(O)c1ccccc1.[H-].[Na+].[Zr]. The van der Waals surface area contributed by atoms with E-state index >= 15 is 0 Å². The van der Waals surface area contributed by atoms with Gasteiger partial charge in [0, 0.05) is 26.2 Å². The maximum absolute atomic E-state index is 10.2. The van der Waals surface area contributed by atoms with Crippen molar-refractivity contribution < 1.29 is 72.2 Å². The van der Waals surface area contributed by atoms with Crippen LogP contribution in [0, 0.1) is 0 Å². The molecule has 0 aliphatic rings. The van der Waals surface area contributed by atoms with Crippen LogP contribution in [0.5, 0.6) is 0 Å². The molecule has 1 rings (SSSR count). The molecule has 2 N–H and O–H groups in total. The molecule has 0 saturated heterocycles. The van der Waals surface area contributed by atoms with Gasteiger partial charge in [0.2, 0.25) is 0 Å². The molecule has 0 aromatic heterocycles. The summed E-state index contributed by atoms with van der Waals surface area (Å²) in [5.74, 6) is -1.23. The minimum absolute atomic E-state index is 0. The summed E-state index contributed by atoms with van der Waals surface area (Å²) in [6, 6.07) is 8.26. The van der Waals surface area contributed by atoms with Gasteiger partial charge in [0.25, 0.3) is 0 Å². The van der Waals surface area contributed by atoms with E-state index in [1.165, 1.54) is 0 Å². The fourth-order valence-corrected chi connectivity index (χ4v) is 0.778. The topological polar surface area (TPSA) is 57.5 Å². The van der Waals surface area contributed by atoms with Crippen molar-refractivity contribution in [2.45, 2.75) is 6.10 Å². The van der Waals surface area contributed by atoms with Crippen LogP contribution in [-0.4, -0.2) is 16.2 Å². The molecule has 0 aliphatic heterocycles. The number of rotatable bonds is 2. The fraction of sp³-hybridized carbons (Fsp3) is 0.125. The second-order valence-corrected chi connectivity index (χ2v) is 2.15. The summed E-state index contributed by atoms with van der Waals surface area (Å²) in [6.45, 7) is 0. The molecular weight excluding hydrogens is 258 g/mol. The Kier molecular flexibility index (Phi) is 9.70. The first-order valence-electron chi connectivity index (χ1n) is 3.17. The van der Waals surface area contributed by atoms with E-state index in [1.54, 1.807) is 30.3 Å². The van der Waals surface area contributed by atoms with Crippen LogP contribution in [0.2, 0.25) is 0 Å². The molecule has 1 atom stereocenters. The molecule has 0 aliphatic carbocycles. The number of aliphatic carboxylic acids is 1. The van der Waals surface area contributed by atoms with Gasteiger partial charge in [0.05, 0.1) is 0 Å². The molecule has 0 heterocycles. The molecular formula is C8H9NaO3Zr. The van der Waals surface area contributed by atoms with Gasteiger partial charge >= 0.3 is 35.5 Å². The third kappa shape index (κ3) is 5.09. The van der Waals surface area contributed by atoms with Gasteiger partial charge in [-0.25, -0.2) is 4.79 Å². The Morgan fingerprint density at radius 2 is 1.77 bits per heavy atom. The van der Waals surface area contributed by atoms with Crippen LogP contribution in [0.3, 0.4) is 0 Å². The molecule has 3 nitrogen and oxygen atoms in total. The maximum atomic E-state index is 10.2. The van der Waals surface area contributed by atoms with E-state index in [2.05, 4.69) is 0 Å². The average molecular weight is 267 g/mol. The third-order valence-corrected chi connectivity index (χ3v) is 1.35. The van der Waals surface area contributed by atoms with Crippen molar-refractivity contribution >= 4 is 5.97 Å². The number of aliphatic hydroxyl groups is 1. The minimum atomic E-state index is -1.41. The molecule has 0 saturated carbocycles. The summed E-state index contributed by atoms with van der Waals surface area (Å²) in [5.41, 5.74) is 0.403. The third-order valence-electron chi connectivity index (χ3n) is 1.35. The Bertz CT molecular complexity index is 258. The maximum Gasteiger partial charge on any atom is 1.00 e. The van der Waals surface area contributed by atoms with E-state index in [4.69, 9.17) is 10.2 Å². The van der Waals surface area contributed by atoms with Crippen LogP contribution < -0.4 is 29.6 Å². The molecule has 1 aromatic carbocycles. The van der Waals surface area contributed by atoms with Crippen molar-refractivity contribution in [3.8, 4) is 0 Å². The molecule has 0 fully saturated rings. The Labute approximate surface area is 119 Å². The van der Waals surface area contributed by atoms with Gasteiger partial charge in [0.1, 0.15) is 0 Å². The molecule has 5 heteroatoms. The van der Waals surface area contributed by atoms with Gasteiger partial charge in [-0.2, -0.15) is 0 Å². The van der Waals surface area contributed by atoms with Crippen molar-refractivity contribution in [3.63, 3.8) is 0 Å². The zero-order chi connectivity index (χ0) is 8.27. The van der Waals surface area contributed by atoms with Gasteiger partial charge < -0.3 is 11.6 Å². The van der Waals surface area contributed by atoms with E-state index in [0.717, 1.165) is 0 Å². The first-order valence-corrected chi connectivity index (χ1v) is 3.17. The second-order valence-electron chi connectivity index (χ2n) is 2.15. The molecule has 13 heavy (non-hydrogen) atoms. The molecule has 0 radical (unpaired) electrons. The van der Waals surface area contributed by atoms with Gasteiger partial charge in [-0.1, -0.05) is 30.3 Å². The molecule has 0 amide bonds. The van der Waals surface area contributed by atoms with Crippen LogP contribution >= 0.6 is 0 Å². The van der Waals surface area contributed by atoms with Crippen molar-refractivity contribution in [2.24, 2.45) is 0 Å². The minimum Gasteiger partial charge on any atom is -1.00 e. The first kappa shape index (κ1) is 16.0. The van der Waals surface area contributed by atoms with E-state index in [-0.39, 0.29) is 57.2 Å². The van der Waals surface area contributed by atoms with Crippen LogP contribution in [-0.2, 0) is 31.0 Å². The summed E-state index contributed by atoms with van der Waals surface area (Å²) >= 11 is 0. The zero-order valence-electron chi connectivity index (χ0n) is 8.27. The van der Waals surface area contributed by atoms with E-state index in [1.807, 2.05) is 0 Å². The molecule has 1 aromatic rings. The normalized spacial score (nSPS) is 10.5. The average Bonchev–Trinajstić information content (AvgIpc) is 2.05. The standard InChI is InChI=1S/C8H8O3.Na.Zr.H/c9-7(8(10)11)6-4-2-1-3-5-6;;;/h1-5,7,9H,(H,10,11);;;/q;+1;;-1. The molecule has 1 unspecified atom stereocenters. The fourth-order valence-electron chi connectivity index (χ4n) is 0.778. The number of aliphatic hydroxyl groups excluding tert-OH is 1. The predicted molar refractivity (Wildman–Crippen MR) is 40.1 cm³/mol. The molecule has 0 spiro atoms. The van der Waals surface area contributed by atoms with Crippen molar-refractivity contribution in [1.82, 2.24) is 0 Å².